The SMILES string of the molecule is C[Si](C)(C)C#C/C=C/C[P+](c1ccccc1)(c1ccccc1)c1ccccc1. The molecular weight excluding hydrogens is 371 g/mol. The molecule has 0 aliphatic rings. The van der Waals surface area contributed by atoms with Crippen molar-refractivity contribution in [3.8, 4) is 11.5 Å². The molecule has 3 aromatic carbocycles. The zero-order valence-electron chi connectivity index (χ0n) is 17.0. The van der Waals surface area contributed by atoms with Crippen LogP contribution in [0.15, 0.2) is 103 Å². The van der Waals surface area contributed by atoms with Crippen molar-refractivity contribution in [2.45, 2.75) is 19.6 Å². The lowest BCUT2D eigenvalue weighted by Gasteiger charge is -2.26. The molecule has 28 heavy (non-hydrogen) atoms. The van der Waals surface area contributed by atoms with Crippen LogP contribution in [0.5, 0.6) is 0 Å². The molecule has 0 fully saturated rings. The molecule has 0 bridgehead atoms. The minimum absolute atomic E-state index is 0.978. The number of allylic oxidation sites excluding steroid dienone is 2. The van der Waals surface area contributed by atoms with E-state index in [4.69, 9.17) is 0 Å². The zero-order chi connectivity index (χ0) is 19.9. The molecule has 2 heteroatoms. The van der Waals surface area contributed by atoms with E-state index in [0.717, 1.165) is 6.16 Å². The van der Waals surface area contributed by atoms with E-state index in [1.807, 2.05) is 0 Å². The summed E-state index contributed by atoms with van der Waals surface area (Å²) in [7, 11) is -3.13. The molecule has 0 N–H and O–H groups in total. The van der Waals surface area contributed by atoms with Crippen molar-refractivity contribution in [1.82, 2.24) is 0 Å². The minimum Gasteiger partial charge on any atom is -0.127 e. The first-order chi connectivity index (χ1) is 13.5. The van der Waals surface area contributed by atoms with Gasteiger partial charge in [0.15, 0.2) is 0 Å². The van der Waals surface area contributed by atoms with Gasteiger partial charge in [0.25, 0.3) is 0 Å². The second kappa shape index (κ2) is 9.20. The van der Waals surface area contributed by atoms with E-state index in [0.29, 0.717) is 0 Å². The van der Waals surface area contributed by atoms with Gasteiger partial charge in [0.05, 0.1) is 6.16 Å². The highest BCUT2D eigenvalue weighted by atomic mass is 31.2. The van der Waals surface area contributed by atoms with Crippen LogP contribution in [0.2, 0.25) is 19.6 Å². The molecule has 0 amide bonds. The first-order valence-electron chi connectivity index (χ1n) is 9.75. The summed E-state index contributed by atoms with van der Waals surface area (Å²) in [6.07, 6.45) is 5.33. The molecule has 0 atom stereocenters. The van der Waals surface area contributed by atoms with Crippen LogP contribution in [0, 0.1) is 11.5 Å². The maximum atomic E-state index is 3.44. The first kappa shape index (κ1) is 20.3. The van der Waals surface area contributed by atoms with Gasteiger partial charge in [-0.15, -0.1) is 5.54 Å². The van der Waals surface area contributed by atoms with Crippen molar-refractivity contribution in [3.05, 3.63) is 103 Å². The highest BCUT2D eigenvalue weighted by Crippen LogP contribution is 2.55. The molecule has 3 aromatic rings. The van der Waals surface area contributed by atoms with Crippen molar-refractivity contribution in [3.63, 3.8) is 0 Å². The number of hydrogen-bond donors (Lipinski definition) is 0. The monoisotopic (exact) mass is 399 g/mol. The molecular formula is C26H28PSi+. The molecule has 0 spiro atoms. The molecule has 140 valence electrons. The van der Waals surface area contributed by atoms with E-state index in [9.17, 15) is 0 Å². The van der Waals surface area contributed by atoms with E-state index in [2.05, 4.69) is 134 Å². The summed E-state index contributed by atoms with van der Waals surface area (Å²) in [5, 5.41) is 4.24. The molecule has 0 nitrogen and oxygen atoms in total. The van der Waals surface area contributed by atoms with Crippen LogP contribution in [0.3, 0.4) is 0 Å². The first-order valence-corrected chi connectivity index (χ1v) is 15.2. The maximum absolute atomic E-state index is 3.44. The smallest absolute Gasteiger partial charge is 0.127 e. The standard InChI is InChI=1S/C26H28PSi/c1-28(2,3)23-15-7-14-22-27(24-16-8-4-9-17-24,25-18-10-5-11-19-25)26-20-12-6-13-21-26/h4-14,16-21H,22H2,1-3H3/q+1/b14-7+. The van der Waals surface area contributed by atoms with Crippen molar-refractivity contribution in [2.24, 2.45) is 0 Å². The Morgan fingerprint density at radius 3 is 1.43 bits per heavy atom. The van der Waals surface area contributed by atoms with Gasteiger partial charge in [-0.2, -0.15) is 0 Å². The Labute approximate surface area is 171 Å². The van der Waals surface area contributed by atoms with Gasteiger partial charge in [-0.3, -0.25) is 0 Å². The Balaban J connectivity index is 2.14. The largest absolute Gasteiger partial charge is 0.129 e. The lowest BCUT2D eigenvalue weighted by Crippen LogP contribution is -2.32. The molecule has 0 heterocycles. The fraction of sp³-hybridized carbons (Fsp3) is 0.154. The fourth-order valence-electron chi connectivity index (χ4n) is 3.34. The van der Waals surface area contributed by atoms with E-state index >= 15 is 0 Å². The van der Waals surface area contributed by atoms with E-state index < -0.39 is 15.3 Å². The van der Waals surface area contributed by atoms with Crippen molar-refractivity contribution in [2.75, 3.05) is 6.16 Å². The topological polar surface area (TPSA) is 0 Å². The van der Waals surface area contributed by atoms with Crippen molar-refractivity contribution < 1.29 is 0 Å². The zero-order valence-corrected chi connectivity index (χ0v) is 18.9. The summed E-state index contributed by atoms with van der Waals surface area (Å²) in [6.45, 7) is 6.84. The average molecular weight is 400 g/mol. The van der Waals surface area contributed by atoms with Crippen molar-refractivity contribution >= 4 is 31.2 Å². The summed E-state index contributed by atoms with van der Waals surface area (Å²) in [4.78, 5) is 0. The van der Waals surface area contributed by atoms with E-state index in [1.54, 1.807) is 0 Å². The van der Waals surface area contributed by atoms with Gasteiger partial charge in [0.2, 0.25) is 0 Å². The molecule has 0 radical (unpaired) electrons. The summed E-state index contributed by atoms with van der Waals surface area (Å²) in [5.74, 6) is 3.30. The fourth-order valence-corrected chi connectivity index (χ4v) is 7.85. The third-order valence-corrected chi connectivity index (χ3v) is 9.81. The molecule has 0 saturated carbocycles. The number of benzene rings is 3. The quantitative estimate of drug-likeness (QED) is 0.305. The average Bonchev–Trinajstić information content (AvgIpc) is 2.72. The second-order valence-corrected chi connectivity index (χ2v) is 16.2. The van der Waals surface area contributed by atoms with Gasteiger partial charge < -0.3 is 0 Å². The second-order valence-electron chi connectivity index (χ2n) is 7.92. The van der Waals surface area contributed by atoms with Gasteiger partial charge in [0.1, 0.15) is 31.2 Å². The predicted octanol–water partition coefficient (Wildman–Crippen LogP) is 5.42. The van der Waals surface area contributed by atoms with Gasteiger partial charge in [-0.25, -0.2) is 0 Å². The number of rotatable bonds is 5. The Morgan fingerprint density at radius 1 is 0.679 bits per heavy atom. The van der Waals surface area contributed by atoms with Crippen LogP contribution < -0.4 is 15.9 Å². The van der Waals surface area contributed by atoms with Crippen LogP contribution in [0.4, 0.5) is 0 Å². The van der Waals surface area contributed by atoms with Crippen LogP contribution >= 0.6 is 7.26 Å². The van der Waals surface area contributed by atoms with Crippen LogP contribution in [-0.4, -0.2) is 14.2 Å². The summed E-state index contributed by atoms with van der Waals surface area (Å²) >= 11 is 0. The van der Waals surface area contributed by atoms with Crippen LogP contribution in [0.25, 0.3) is 0 Å². The highest BCUT2D eigenvalue weighted by molar-refractivity contribution is 7.95. The Bertz CT molecular complexity index is 862. The lowest BCUT2D eigenvalue weighted by molar-refractivity contribution is 1.65. The molecule has 0 unspecified atom stereocenters. The lowest BCUT2D eigenvalue weighted by atomic mass is 10.4. The van der Waals surface area contributed by atoms with E-state index in [1.165, 1.54) is 15.9 Å². The Hall–Kier alpha value is -2.39. The molecule has 3 rings (SSSR count). The van der Waals surface area contributed by atoms with Gasteiger partial charge in [-0.05, 0) is 48.6 Å². The minimum atomic E-state index is -1.78. The molecule has 0 aromatic heterocycles. The van der Waals surface area contributed by atoms with Crippen molar-refractivity contribution in [1.29, 1.82) is 0 Å². The maximum Gasteiger partial charge on any atom is 0.129 e. The summed E-state index contributed by atoms with van der Waals surface area (Å²) in [5.41, 5.74) is 3.44. The molecule has 0 saturated heterocycles. The van der Waals surface area contributed by atoms with Gasteiger partial charge in [-0.1, -0.05) is 80.2 Å². The molecule has 0 aliphatic heterocycles. The Kier molecular flexibility index (Phi) is 6.68. The van der Waals surface area contributed by atoms with E-state index in [-0.39, 0.29) is 0 Å². The van der Waals surface area contributed by atoms with Gasteiger partial charge in [0, 0.05) is 0 Å². The Morgan fingerprint density at radius 2 is 1.07 bits per heavy atom. The van der Waals surface area contributed by atoms with Gasteiger partial charge >= 0.3 is 0 Å². The summed E-state index contributed by atoms with van der Waals surface area (Å²) in [6, 6.07) is 33.0. The third kappa shape index (κ3) is 4.90. The summed E-state index contributed by atoms with van der Waals surface area (Å²) < 4.78 is 0. The molecule has 0 aliphatic carbocycles. The normalized spacial score (nSPS) is 11.8. The third-order valence-electron chi connectivity index (χ3n) is 4.62. The number of hydrogen-bond acceptors (Lipinski definition) is 0. The predicted molar refractivity (Wildman–Crippen MR) is 130 cm³/mol. The van der Waals surface area contributed by atoms with Crippen LogP contribution in [0.1, 0.15) is 0 Å². The highest BCUT2D eigenvalue weighted by Gasteiger charge is 2.43. The van der Waals surface area contributed by atoms with Crippen LogP contribution in [-0.2, 0) is 0 Å².